The summed E-state index contributed by atoms with van der Waals surface area (Å²) in [4.78, 5) is 15.6. The van der Waals surface area contributed by atoms with Gasteiger partial charge in [0.05, 0.1) is 23.4 Å². The molecule has 0 bridgehead atoms. The van der Waals surface area contributed by atoms with Crippen LogP contribution in [-0.4, -0.2) is 60.3 Å². The normalized spacial score (nSPS) is 16.4. The molecule has 0 atom stereocenters. The average molecular weight is 668 g/mol. The second kappa shape index (κ2) is 14.3. The van der Waals surface area contributed by atoms with Crippen LogP contribution in [0, 0.1) is 13.8 Å². The van der Waals surface area contributed by atoms with Crippen molar-refractivity contribution < 1.29 is 30.6 Å². The first-order valence-corrected chi connectivity index (χ1v) is 18.4. The van der Waals surface area contributed by atoms with Crippen LogP contribution in [0.25, 0.3) is 6.08 Å². The molecule has 246 valence electrons. The first-order valence-electron chi connectivity index (χ1n) is 15.6. The molecule has 3 aromatic rings. The number of aryl methyl sites for hydroxylation is 2. The van der Waals surface area contributed by atoms with Gasteiger partial charge < -0.3 is 19.1 Å². The minimum atomic E-state index is -4.12. The van der Waals surface area contributed by atoms with Crippen molar-refractivity contribution >= 4 is 43.5 Å². The van der Waals surface area contributed by atoms with Gasteiger partial charge in [-0.15, -0.1) is 0 Å². The highest BCUT2D eigenvalue weighted by Gasteiger charge is 2.28. The third-order valence-electron chi connectivity index (χ3n) is 8.30. The second-order valence-corrected chi connectivity index (χ2v) is 15.2. The van der Waals surface area contributed by atoms with Crippen LogP contribution in [0.4, 0.5) is 11.4 Å². The van der Waals surface area contributed by atoms with E-state index in [2.05, 4.69) is 10.2 Å². The number of carbonyl (C=O) groups is 1. The Hall–Kier alpha value is -3.87. The van der Waals surface area contributed by atoms with Crippen molar-refractivity contribution in [3.63, 3.8) is 0 Å². The van der Waals surface area contributed by atoms with Crippen molar-refractivity contribution in [2.75, 3.05) is 43.5 Å². The Bertz CT molecular complexity index is 1830. The smallest absolute Gasteiger partial charge is 0.339 e. The van der Waals surface area contributed by atoms with Crippen LogP contribution in [0.15, 0.2) is 70.5 Å². The lowest BCUT2D eigenvalue weighted by molar-refractivity contribution is -0.111. The van der Waals surface area contributed by atoms with Crippen molar-refractivity contribution in [1.29, 1.82) is 0 Å². The summed E-state index contributed by atoms with van der Waals surface area (Å²) in [6.45, 7) is 6.13. The minimum Gasteiger partial charge on any atom is -0.493 e. The van der Waals surface area contributed by atoms with Crippen LogP contribution in [0.2, 0.25) is 0 Å². The lowest BCUT2D eigenvalue weighted by atomic mass is 10.1. The average Bonchev–Trinajstić information content (AvgIpc) is 3.06. The summed E-state index contributed by atoms with van der Waals surface area (Å²) in [5.41, 5.74) is 3.14. The molecule has 0 aromatic heterocycles. The molecule has 1 amide bonds. The molecule has 2 fully saturated rings. The fraction of sp³-hybridized carbons (Fsp3) is 0.382. The molecule has 5 rings (SSSR count). The molecule has 0 unspecified atom stereocenters. The maximum atomic E-state index is 13.4. The Balaban J connectivity index is 1.36. The third kappa shape index (κ3) is 7.73. The number of hydrogen-bond acceptors (Lipinski definition) is 8. The maximum absolute atomic E-state index is 13.4. The number of hydrogen-bond donors (Lipinski definition) is 1. The number of nitrogens with zero attached hydrogens (tertiary/aromatic N) is 2. The lowest BCUT2D eigenvalue weighted by Gasteiger charge is -2.31. The van der Waals surface area contributed by atoms with E-state index in [1.54, 1.807) is 62.4 Å². The molecule has 2 heterocycles. The standard InChI is InChI=1S/C34H41N3O7S2/c1-25-10-11-26(2)33(22-25)46(41,42)44-31-16-12-27(23-32(31)43-3)13-17-34(38)35-29-24-28(45(39,40)37-20-8-5-9-21-37)14-15-30(29)36-18-6-4-7-19-36/h10-17,22-24H,4-9,18-21H2,1-3H3,(H,35,38)/b17-13-. The zero-order valence-corrected chi connectivity index (χ0v) is 28.1. The molecular weight excluding hydrogens is 627 g/mol. The summed E-state index contributed by atoms with van der Waals surface area (Å²) in [7, 11) is -6.41. The van der Waals surface area contributed by atoms with Crippen molar-refractivity contribution in [2.24, 2.45) is 0 Å². The van der Waals surface area contributed by atoms with E-state index in [4.69, 9.17) is 8.92 Å². The molecule has 12 heteroatoms. The highest BCUT2D eigenvalue weighted by atomic mass is 32.2. The van der Waals surface area contributed by atoms with Crippen LogP contribution in [-0.2, 0) is 24.9 Å². The molecule has 0 spiro atoms. The quantitative estimate of drug-likeness (QED) is 0.210. The first kappa shape index (κ1) is 33.5. The molecule has 2 saturated heterocycles. The van der Waals surface area contributed by atoms with Crippen molar-refractivity contribution in [2.45, 2.75) is 62.2 Å². The fourth-order valence-corrected chi connectivity index (χ4v) is 8.58. The van der Waals surface area contributed by atoms with Gasteiger partial charge in [0.1, 0.15) is 4.90 Å². The van der Waals surface area contributed by atoms with Gasteiger partial charge in [0.2, 0.25) is 15.9 Å². The molecule has 0 aliphatic carbocycles. The number of anilines is 2. The second-order valence-electron chi connectivity index (χ2n) is 11.7. The highest BCUT2D eigenvalue weighted by Crippen LogP contribution is 2.34. The number of nitrogens with one attached hydrogen (secondary N) is 1. The number of carbonyl (C=O) groups excluding carboxylic acids is 1. The van der Waals surface area contributed by atoms with Crippen LogP contribution in [0.3, 0.4) is 0 Å². The van der Waals surface area contributed by atoms with Crippen LogP contribution < -0.4 is 19.1 Å². The number of amides is 1. The zero-order valence-electron chi connectivity index (χ0n) is 26.5. The largest absolute Gasteiger partial charge is 0.493 e. The minimum absolute atomic E-state index is 0.0166. The number of sulfonamides is 1. The summed E-state index contributed by atoms with van der Waals surface area (Å²) in [5, 5.41) is 2.91. The van der Waals surface area contributed by atoms with E-state index in [-0.39, 0.29) is 21.3 Å². The number of benzene rings is 3. The molecule has 0 radical (unpaired) electrons. The topological polar surface area (TPSA) is 122 Å². The SMILES string of the molecule is COc1cc(/C=C\C(=O)Nc2cc(S(=O)(=O)N3CCCCC3)ccc2N2CCCCC2)ccc1OS(=O)(=O)c1cc(C)ccc1C. The molecule has 46 heavy (non-hydrogen) atoms. The van der Waals surface area contributed by atoms with Crippen LogP contribution in [0.1, 0.15) is 55.2 Å². The van der Waals surface area contributed by atoms with Gasteiger partial charge in [-0.2, -0.15) is 12.7 Å². The van der Waals surface area contributed by atoms with E-state index in [1.165, 1.54) is 23.6 Å². The predicted octanol–water partition coefficient (Wildman–Crippen LogP) is 5.90. The molecule has 2 aliphatic heterocycles. The summed E-state index contributed by atoms with van der Waals surface area (Å²) in [6.07, 6.45) is 8.76. The predicted molar refractivity (Wildman–Crippen MR) is 180 cm³/mol. The van der Waals surface area contributed by atoms with Gasteiger partial charge in [-0.1, -0.05) is 24.6 Å². The first-order chi connectivity index (χ1) is 22.0. The van der Waals surface area contributed by atoms with Gasteiger partial charge in [0, 0.05) is 32.3 Å². The Morgan fingerprint density at radius 1 is 0.804 bits per heavy atom. The number of methoxy groups -OCH3 is 1. The molecule has 1 N–H and O–H groups in total. The number of rotatable bonds is 10. The van der Waals surface area contributed by atoms with Gasteiger partial charge in [0.25, 0.3) is 0 Å². The highest BCUT2D eigenvalue weighted by molar-refractivity contribution is 7.89. The van der Waals surface area contributed by atoms with Gasteiger partial charge in [-0.25, -0.2) is 8.42 Å². The Morgan fingerprint density at radius 3 is 2.20 bits per heavy atom. The van der Waals surface area contributed by atoms with Crippen molar-refractivity contribution in [3.05, 3.63) is 77.4 Å². The monoisotopic (exact) mass is 667 g/mol. The Labute approximate surface area is 272 Å². The number of piperidine rings is 2. The van der Waals surface area contributed by atoms with Gasteiger partial charge in [0.15, 0.2) is 11.5 Å². The van der Waals surface area contributed by atoms with Gasteiger partial charge in [-0.05, 0) is 105 Å². The Kier molecular flexibility index (Phi) is 10.4. The van der Waals surface area contributed by atoms with Crippen LogP contribution in [0.5, 0.6) is 11.5 Å². The molecular formula is C34H41N3O7S2. The lowest BCUT2D eigenvalue weighted by Crippen LogP contribution is -2.35. The van der Waals surface area contributed by atoms with Gasteiger partial charge in [-0.3, -0.25) is 4.79 Å². The third-order valence-corrected chi connectivity index (χ3v) is 11.6. The summed E-state index contributed by atoms with van der Waals surface area (Å²) >= 11 is 0. The fourth-order valence-electron chi connectivity index (χ4n) is 5.78. The molecule has 10 nitrogen and oxygen atoms in total. The zero-order chi connectivity index (χ0) is 32.9. The van der Waals surface area contributed by atoms with Crippen molar-refractivity contribution in [3.8, 4) is 11.5 Å². The summed E-state index contributed by atoms with van der Waals surface area (Å²) in [5.74, 6) is -0.245. The molecule has 2 aliphatic rings. The van der Waals surface area contributed by atoms with E-state index < -0.39 is 26.0 Å². The molecule has 0 saturated carbocycles. The Morgan fingerprint density at radius 2 is 1.50 bits per heavy atom. The maximum Gasteiger partial charge on any atom is 0.339 e. The van der Waals surface area contributed by atoms with E-state index in [0.29, 0.717) is 29.9 Å². The summed E-state index contributed by atoms with van der Waals surface area (Å²) in [6, 6.07) is 14.8. The van der Waals surface area contributed by atoms with Crippen molar-refractivity contribution in [1.82, 2.24) is 4.31 Å². The summed E-state index contributed by atoms with van der Waals surface area (Å²) < 4.78 is 65.3. The van der Waals surface area contributed by atoms with Gasteiger partial charge >= 0.3 is 10.1 Å². The molecule has 3 aromatic carbocycles. The van der Waals surface area contributed by atoms with E-state index in [0.717, 1.165) is 62.9 Å². The number of ether oxygens (including phenoxy) is 1. The van der Waals surface area contributed by atoms with E-state index in [9.17, 15) is 21.6 Å². The van der Waals surface area contributed by atoms with Crippen LogP contribution >= 0.6 is 0 Å². The van der Waals surface area contributed by atoms with E-state index >= 15 is 0 Å². The van der Waals surface area contributed by atoms with E-state index in [1.807, 2.05) is 6.07 Å².